The SMILES string of the molecule is CC(C)(c1ccc(OCc2ocnc2S(C)(=O)=O)cc1)c1cc(Cl)c(OCC(Cl)CO)c(Cl)c1. The average Bonchev–Trinajstić information content (AvgIpc) is 3.26. The number of sulfone groups is 1. The number of alkyl halides is 1. The van der Waals surface area contributed by atoms with Crippen molar-refractivity contribution >= 4 is 44.6 Å². The molecule has 0 fully saturated rings. The molecule has 1 heterocycles. The van der Waals surface area contributed by atoms with Crippen molar-refractivity contribution in [3.63, 3.8) is 0 Å². The molecule has 0 spiro atoms. The van der Waals surface area contributed by atoms with Crippen LogP contribution in [0.4, 0.5) is 0 Å². The van der Waals surface area contributed by atoms with E-state index in [-0.39, 0.29) is 30.6 Å². The lowest BCUT2D eigenvalue weighted by Crippen LogP contribution is -2.19. The van der Waals surface area contributed by atoms with E-state index in [1.165, 1.54) is 0 Å². The molecule has 0 aliphatic rings. The van der Waals surface area contributed by atoms with Crippen molar-refractivity contribution < 1.29 is 27.4 Å². The summed E-state index contributed by atoms with van der Waals surface area (Å²) in [5.74, 6) is 0.985. The summed E-state index contributed by atoms with van der Waals surface area (Å²) in [6.45, 7) is 3.83. The van der Waals surface area contributed by atoms with Gasteiger partial charge in [-0.05, 0) is 35.4 Å². The van der Waals surface area contributed by atoms with Gasteiger partial charge in [-0.25, -0.2) is 13.4 Å². The van der Waals surface area contributed by atoms with Gasteiger partial charge in [-0.2, -0.15) is 0 Å². The fraction of sp³-hybridized carbons (Fsp3) is 0.348. The Bertz CT molecular complexity index is 1220. The first kappa shape index (κ1) is 26.6. The zero-order valence-electron chi connectivity index (χ0n) is 18.7. The molecular weight excluding hydrogens is 525 g/mol. The molecule has 0 bridgehead atoms. The van der Waals surface area contributed by atoms with Crippen molar-refractivity contribution in [3.05, 3.63) is 69.7 Å². The molecular formula is C23H24Cl3NO6S. The lowest BCUT2D eigenvalue weighted by molar-refractivity contribution is 0.238. The number of rotatable bonds is 10. The Labute approximate surface area is 213 Å². The van der Waals surface area contributed by atoms with E-state index in [1.807, 2.05) is 26.0 Å². The third-order valence-corrected chi connectivity index (χ3v) is 7.09. The van der Waals surface area contributed by atoms with E-state index in [0.717, 1.165) is 23.8 Å². The van der Waals surface area contributed by atoms with E-state index in [0.29, 0.717) is 21.5 Å². The molecule has 34 heavy (non-hydrogen) atoms. The van der Waals surface area contributed by atoms with E-state index in [2.05, 4.69) is 4.98 Å². The maximum atomic E-state index is 11.7. The van der Waals surface area contributed by atoms with Gasteiger partial charge < -0.3 is 19.0 Å². The van der Waals surface area contributed by atoms with Crippen LogP contribution >= 0.6 is 34.8 Å². The molecule has 0 saturated carbocycles. The smallest absolute Gasteiger partial charge is 0.200 e. The van der Waals surface area contributed by atoms with Gasteiger partial charge in [0.1, 0.15) is 19.0 Å². The van der Waals surface area contributed by atoms with Gasteiger partial charge in [0.05, 0.1) is 22.0 Å². The van der Waals surface area contributed by atoms with Gasteiger partial charge in [0.2, 0.25) is 0 Å². The summed E-state index contributed by atoms with van der Waals surface area (Å²) in [4.78, 5) is 3.74. The predicted octanol–water partition coefficient (Wildman–Crippen LogP) is 5.27. The fourth-order valence-corrected chi connectivity index (χ4v) is 4.64. The summed E-state index contributed by atoms with van der Waals surface area (Å²) >= 11 is 18.7. The van der Waals surface area contributed by atoms with Crippen LogP contribution in [0.3, 0.4) is 0 Å². The topological polar surface area (TPSA) is 98.9 Å². The van der Waals surface area contributed by atoms with Crippen LogP contribution in [-0.2, 0) is 21.9 Å². The molecule has 1 unspecified atom stereocenters. The number of hydrogen-bond acceptors (Lipinski definition) is 7. The lowest BCUT2D eigenvalue weighted by atomic mass is 9.78. The number of aliphatic hydroxyl groups excluding tert-OH is 1. The van der Waals surface area contributed by atoms with Crippen LogP contribution < -0.4 is 9.47 Å². The maximum Gasteiger partial charge on any atom is 0.200 e. The normalized spacial score (nSPS) is 13.0. The van der Waals surface area contributed by atoms with E-state index in [1.54, 1.807) is 24.3 Å². The van der Waals surface area contributed by atoms with Crippen LogP contribution in [0.1, 0.15) is 30.7 Å². The number of ether oxygens (including phenoxy) is 2. The molecule has 184 valence electrons. The zero-order chi connectivity index (χ0) is 25.1. The Kier molecular flexibility index (Phi) is 8.42. The van der Waals surface area contributed by atoms with Crippen molar-refractivity contribution in [1.82, 2.24) is 4.98 Å². The van der Waals surface area contributed by atoms with Crippen LogP contribution in [0.25, 0.3) is 0 Å². The Morgan fingerprint density at radius 1 is 1.09 bits per heavy atom. The first-order chi connectivity index (χ1) is 15.9. The summed E-state index contributed by atoms with van der Waals surface area (Å²) < 4.78 is 39.9. The average molecular weight is 549 g/mol. The summed E-state index contributed by atoms with van der Waals surface area (Å²) in [5.41, 5.74) is 1.38. The van der Waals surface area contributed by atoms with Crippen LogP contribution in [-0.4, -0.2) is 43.4 Å². The van der Waals surface area contributed by atoms with Gasteiger partial charge in [0.25, 0.3) is 0 Å². The molecule has 1 atom stereocenters. The molecule has 11 heteroatoms. The molecule has 3 rings (SSSR count). The summed E-state index contributed by atoms with van der Waals surface area (Å²) in [5, 5.41) is 9.03. The van der Waals surface area contributed by atoms with Crippen LogP contribution in [0.2, 0.25) is 10.0 Å². The van der Waals surface area contributed by atoms with Crippen LogP contribution in [0, 0.1) is 0 Å². The molecule has 2 aromatic carbocycles. The summed E-state index contributed by atoms with van der Waals surface area (Å²) in [7, 11) is -3.50. The number of oxazole rings is 1. The molecule has 0 aliphatic carbocycles. The van der Waals surface area contributed by atoms with Crippen LogP contribution in [0.5, 0.6) is 11.5 Å². The highest BCUT2D eigenvalue weighted by Crippen LogP contribution is 2.40. The minimum atomic E-state index is -3.50. The van der Waals surface area contributed by atoms with E-state index in [9.17, 15) is 8.42 Å². The van der Waals surface area contributed by atoms with Gasteiger partial charge in [0, 0.05) is 11.7 Å². The molecule has 3 aromatic rings. The Hall–Kier alpha value is -1.97. The number of aliphatic hydroxyl groups is 1. The quantitative estimate of drug-likeness (QED) is 0.345. The second kappa shape index (κ2) is 10.7. The van der Waals surface area contributed by atoms with E-state index >= 15 is 0 Å². The standard InChI is InChI=1S/C23H24Cl3NO6S/c1-23(2,15-8-18(25)21(19(26)9-15)32-11-16(24)10-28)14-4-6-17(7-5-14)31-12-20-22(27-13-33-20)34(3,29)30/h4-9,13,16,28H,10-12H2,1-3H3. The first-order valence-electron chi connectivity index (χ1n) is 10.2. The summed E-state index contributed by atoms with van der Waals surface area (Å²) in [6, 6.07) is 10.9. The van der Waals surface area contributed by atoms with E-state index < -0.39 is 20.6 Å². The molecule has 1 N–H and O–H groups in total. The second-order valence-electron chi connectivity index (χ2n) is 8.15. The molecule has 0 radical (unpaired) electrons. The Morgan fingerprint density at radius 3 is 2.26 bits per heavy atom. The number of aromatic nitrogens is 1. The number of halogens is 3. The van der Waals surface area contributed by atoms with Crippen molar-refractivity contribution in [3.8, 4) is 11.5 Å². The zero-order valence-corrected chi connectivity index (χ0v) is 21.8. The molecule has 0 aliphatic heterocycles. The predicted molar refractivity (Wildman–Crippen MR) is 131 cm³/mol. The first-order valence-corrected chi connectivity index (χ1v) is 13.2. The van der Waals surface area contributed by atoms with Gasteiger partial charge >= 0.3 is 0 Å². The lowest BCUT2D eigenvalue weighted by Gasteiger charge is -2.27. The highest BCUT2D eigenvalue weighted by atomic mass is 35.5. The van der Waals surface area contributed by atoms with Gasteiger partial charge in [-0.1, -0.05) is 49.2 Å². The maximum absolute atomic E-state index is 11.7. The van der Waals surface area contributed by atoms with Gasteiger partial charge in [-0.3, -0.25) is 0 Å². The Morgan fingerprint density at radius 2 is 1.71 bits per heavy atom. The number of nitrogens with zero attached hydrogens (tertiary/aromatic N) is 1. The molecule has 1 aromatic heterocycles. The van der Waals surface area contributed by atoms with E-state index in [4.69, 9.17) is 53.8 Å². The highest BCUT2D eigenvalue weighted by Gasteiger charge is 2.26. The number of hydrogen-bond donors (Lipinski definition) is 1. The molecule has 0 amide bonds. The molecule has 0 saturated heterocycles. The third-order valence-electron chi connectivity index (χ3n) is 5.23. The minimum absolute atomic E-state index is 0.0709. The minimum Gasteiger partial charge on any atom is -0.489 e. The fourth-order valence-electron chi connectivity index (χ4n) is 3.23. The van der Waals surface area contributed by atoms with Gasteiger partial charge in [0.15, 0.2) is 32.8 Å². The van der Waals surface area contributed by atoms with Crippen molar-refractivity contribution in [2.45, 2.75) is 36.3 Å². The monoisotopic (exact) mass is 547 g/mol. The van der Waals surface area contributed by atoms with Crippen LogP contribution in [0.15, 0.2) is 52.2 Å². The van der Waals surface area contributed by atoms with Crippen molar-refractivity contribution in [2.75, 3.05) is 19.5 Å². The summed E-state index contributed by atoms with van der Waals surface area (Å²) in [6.07, 6.45) is 2.14. The highest BCUT2D eigenvalue weighted by molar-refractivity contribution is 7.90. The Balaban J connectivity index is 1.75. The second-order valence-corrected chi connectivity index (χ2v) is 11.5. The largest absolute Gasteiger partial charge is 0.489 e. The van der Waals surface area contributed by atoms with Gasteiger partial charge in [-0.15, -0.1) is 11.6 Å². The van der Waals surface area contributed by atoms with Crippen molar-refractivity contribution in [2.24, 2.45) is 0 Å². The third kappa shape index (κ3) is 6.17. The number of benzene rings is 2. The molecule has 7 nitrogen and oxygen atoms in total. The van der Waals surface area contributed by atoms with Crippen molar-refractivity contribution in [1.29, 1.82) is 0 Å².